The molecule has 1 aromatic carbocycles. The zero-order valence-electron chi connectivity index (χ0n) is 10.1. The zero-order valence-corrected chi connectivity index (χ0v) is 10.9. The van der Waals surface area contributed by atoms with Gasteiger partial charge in [-0.3, -0.25) is 4.79 Å². The van der Waals surface area contributed by atoms with E-state index < -0.39 is 0 Å². The van der Waals surface area contributed by atoms with E-state index in [0.29, 0.717) is 6.61 Å². The summed E-state index contributed by atoms with van der Waals surface area (Å²) >= 11 is 1.77. The average Bonchev–Trinajstić information content (AvgIpc) is 2.39. The smallest absolute Gasteiger partial charge is 0.192 e. The van der Waals surface area contributed by atoms with E-state index in [1.165, 1.54) is 0 Å². The van der Waals surface area contributed by atoms with Crippen molar-refractivity contribution in [3.8, 4) is 5.75 Å². The Morgan fingerprint density at radius 2 is 2.35 bits per heavy atom. The number of thioether (sulfide) groups is 1. The topological polar surface area (TPSA) is 35.5 Å². The molecule has 1 saturated heterocycles. The van der Waals surface area contributed by atoms with Gasteiger partial charge in [0, 0.05) is 17.1 Å². The highest BCUT2D eigenvalue weighted by Gasteiger charge is 2.24. The van der Waals surface area contributed by atoms with Gasteiger partial charge >= 0.3 is 0 Å². The Morgan fingerprint density at radius 3 is 2.94 bits per heavy atom. The SMILES string of the molecule is COc1ccc(C(=O)C2CSCCO2)c(C)c1. The maximum absolute atomic E-state index is 12.2. The highest BCUT2D eigenvalue weighted by Crippen LogP contribution is 2.22. The lowest BCUT2D eigenvalue weighted by Gasteiger charge is -2.21. The number of benzene rings is 1. The predicted molar refractivity (Wildman–Crippen MR) is 69.1 cm³/mol. The molecule has 1 aliphatic heterocycles. The van der Waals surface area contributed by atoms with Gasteiger partial charge in [0.1, 0.15) is 11.9 Å². The van der Waals surface area contributed by atoms with Crippen LogP contribution >= 0.6 is 11.8 Å². The molecule has 0 amide bonds. The van der Waals surface area contributed by atoms with Gasteiger partial charge in [-0.2, -0.15) is 11.8 Å². The van der Waals surface area contributed by atoms with Gasteiger partial charge in [0.25, 0.3) is 0 Å². The van der Waals surface area contributed by atoms with Gasteiger partial charge in [-0.25, -0.2) is 0 Å². The Morgan fingerprint density at radius 1 is 1.53 bits per heavy atom. The first-order valence-corrected chi connectivity index (χ1v) is 6.76. The number of hydrogen-bond donors (Lipinski definition) is 0. The maximum Gasteiger partial charge on any atom is 0.192 e. The molecule has 0 radical (unpaired) electrons. The third-order valence-corrected chi connectivity index (χ3v) is 3.80. The number of hydrogen-bond acceptors (Lipinski definition) is 4. The first kappa shape index (κ1) is 12.5. The molecule has 1 aromatic rings. The van der Waals surface area contributed by atoms with Crippen LogP contribution in [0.15, 0.2) is 18.2 Å². The van der Waals surface area contributed by atoms with E-state index in [1.807, 2.05) is 25.1 Å². The fourth-order valence-electron chi connectivity index (χ4n) is 1.85. The van der Waals surface area contributed by atoms with Gasteiger partial charge in [-0.05, 0) is 30.7 Å². The molecule has 1 heterocycles. The summed E-state index contributed by atoms with van der Waals surface area (Å²) in [5.41, 5.74) is 1.67. The summed E-state index contributed by atoms with van der Waals surface area (Å²) in [6.07, 6.45) is -0.291. The van der Waals surface area contributed by atoms with Gasteiger partial charge in [-0.15, -0.1) is 0 Å². The fraction of sp³-hybridized carbons (Fsp3) is 0.462. The van der Waals surface area contributed by atoms with E-state index in [0.717, 1.165) is 28.4 Å². The van der Waals surface area contributed by atoms with Crippen molar-refractivity contribution in [2.75, 3.05) is 25.2 Å². The predicted octanol–water partition coefficient (Wildman–Crippen LogP) is 2.32. The number of ketones is 1. The van der Waals surface area contributed by atoms with Crippen molar-refractivity contribution in [1.29, 1.82) is 0 Å². The molecule has 0 saturated carbocycles. The van der Waals surface area contributed by atoms with Crippen molar-refractivity contribution in [3.63, 3.8) is 0 Å². The van der Waals surface area contributed by atoms with E-state index >= 15 is 0 Å². The first-order chi connectivity index (χ1) is 8.22. The van der Waals surface area contributed by atoms with Crippen LogP contribution < -0.4 is 4.74 Å². The minimum Gasteiger partial charge on any atom is -0.497 e. The maximum atomic E-state index is 12.2. The van der Waals surface area contributed by atoms with Gasteiger partial charge in [0.15, 0.2) is 5.78 Å². The second-order valence-electron chi connectivity index (χ2n) is 3.98. The number of Topliss-reactive ketones (excluding diaryl/α,β-unsaturated/α-hetero) is 1. The Kier molecular flexibility index (Phi) is 4.07. The summed E-state index contributed by atoms with van der Waals surface area (Å²) in [7, 11) is 1.62. The van der Waals surface area contributed by atoms with Crippen molar-refractivity contribution in [3.05, 3.63) is 29.3 Å². The standard InChI is InChI=1S/C13H16O3S/c1-9-7-10(15-2)3-4-11(9)13(14)12-8-17-6-5-16-12/h3-4,7,12H,5-6,8H2,1-2H3. The number of carbonyl (C=O) groups excluding carboxylic acids is 1. The van der Waals surface area contributed by atoms with Crippen LogP contribution in [0.2, 0.25) is 0 Å². The molecular weight excluding hydrogens is 236 g/mol. The highest BCUT2D eigenvalue weighted by atomic mass is 32.2. The summed E-state index contributed by atoms with van der Waals surface area (Å²) in [5.74, 6) is 2.59. The molecule has 17 heavy (non-hydrogen) atoms. The molecule has 4 heteroatoms. The summed E-state index contributed by atoms with van der Waals surface area (Å²) < 4.78 is 10.6. The lowest BCUT2D eigenvalue weighted by atomic mass is 10.0. The van der Waals surface area contributed by atoms with E-state index in [-0.39, 0.29) is 11.9 Å². The van der Waals surface area contributed by atoms with Crippen LogP contribution in [0, 0.1) is 6.92 Å². The normalized spacial score (nSPS) is 20.0. The van der Waals surface area contributed by atoms with Crippen LogP contribution in [0.3, 0.4) is 0 Å². The minimum atomic E-state index is -0.291. The van der Waals surface area contributed by atoms with Gasteiger partial charge in [-0.1, -0.05) is 0 Å². The van der Waals surface area contributed by atoms with Gasteiger partial charge < -0.3 is 9.47 Å². The second kappa shape index (κ2) is 5.56. The fourth-order valence-corrected chi connectivity index (χ4v) is 2.69. The van der Waals surface area contributed by atoms with Crippen LogP contribution in [-0.4, -0.2) is 37.1 Å². The third-order valence-electron chi connectivity index (χ3n) is 2.81. The van der Waals surface area contributed by atoms with Crippen molar-refractivity contribution in [1.82, 2.24) is 0 Å². The summed E-state index contributed by atoms with van der Waals surface area (Å²) in [4.78, 5) is 12.2. The Hall–Kier alpha value is -1.00. The van der Waals surface area contributed by atoms with Crippen LogP contribution in [0.5, 0.6) is 5.75 Å². The third kappa shape index (κ3) is 2.82. The summed E-state index contributed by atoms with van der Waals surface area (Å²) in [6.45, 7) is 2.59. The molecule has 3 nitrogen and oxygen atoms in total. The molecule has 1 atom stereocenters. The van der Waals surface area contributed by atoms with Gasteiger partial charge in [0.2, 0.25) is 0 Å². The van der Waals surface area contributed by atoms with E-state index in [2.05, 4.69) is 0 Å². The number of methoxy groups -OCH3 is 1. The zero-order chi connectivity index (χ0) is 12.3. The van der Waals surface area contributed by atoms with Crippen LogP contribution in [-0.2, 0) is 4.74 Å². The van der Waals surface area contributed by atoms with Crippen LogP contribution in [0.1, 0.15) is 15.9 Å². The molecule has 92 valence electrons. The Labute approximate surface area is 105 Å². The van der Waals surface area contributed by atoms with Crippen LogP contribution in [0.4, 0.5) is 0 Å². The second-order valence-corrected chi connectivity index (χ2v) is 5.13. The quantitative estimate of drug-likeness (QED) is 0.773. The van der Waals surface area contributed by atoms with Gasteiger partial charge in [0.05, 0.1) is 13.7 Å². The van der Waals surface area contributed by atoms with E-state index in [4.69, 9.17) is 9.47 Å². The van der Waals surface area contributed by atoms with Crippen molar-refractivity contribution in [2.45, 2.75) is 13.0 Å². The lowest BCUT2D eigenvalue weighted by molar-refractivity contribution is 0.0518. The van der Waals surface area contributed by atoms with E-state index in [1.54, 1.807) is 18.9 Å². The van der Waals surface area contributed by atoms with E-state index in [9.17, 15) is 4.79 Å². The van der Waals surface area contributed by atoms with Crippen molar-refractivity contribution < 1.29 is 14.3 Å². The largest absolute Gasteiger partial charge is 0.497 e. The molecule has 2 rings (SSSR count). The summed E-state index contributed by atoms with van der Waals surface area (Å²) in [6, 6.07) is 5.51. The van der Waals surface area contributed by atoms with Crippen molar-refractivity contribution in [2.24, 2.45) is 0 Å². The molecule has 1 aliphatic rings. The minimum absolute atomic E-state index is 0.0809. The molecule has 1 fully saturated rings. The molecular formula is C13H16O3S. The lowest BCUT2D eigenvalue weighted by Crippen LogP contribution is -2.31. The average molecular weight is 252 g/mol. The number of rotatable bonds is 3. The molecule has 0 aliphatic carbocycles. The van der Waals surface area contributed by atoms with Crippen molar-refractivity contribution >= 4 is 17.5 Å². The number of aryl methyl sites for hydroxylation is 1. The number of carbonyl (C=O) groups is 1. The molecule has 1 unspecified atom stereocenters. The number of ether oxygens (including phenoxy) is 2. The first-order valence-electron chi connectivity index (χ1n) is 5.60. The Balaban J connectivity index is 2.18. The molecule has 0 spiro atoms. The molecule has 0 N–H and O–H groups in total. The van der Waals surface area contributed by atoms with Crippen LogP contribution in [0.25, 0.3) is 0 Å². The highest BCUT2D eigenvalue weighted by molar-refractivity contribution is 7.99. The molecule has 0 aromatic heterocycles. The monoisotopic (exact) mass is 252 g/mol. The molecule has 0 bridgehead atoms. The Bertz CT molecular complexity index is 411. The summed E-state index contributed by atoms with van der Waals surface area (Å²) in [5, 5.41) is 0.